The van der Waals surface area contributed by atoms with Gasteiger partial charge in [0.2, 0.25) is 0 Å². The minimum absolute atomic E-state index is 0.328. The fourth-order valence-electron chi connectivity index (χ4n) is 7.38. The van der Waals surface area contributed by atoms with Gasteiger partial charge in [-0.15, -0.1) is 0 Å². The highest BCUT2D eigenvalue weighted by molar-refractivity contribution is 5.57. The molecule has 3 saturated carbocycles. The first kappa shape index (κ1) is 11.5. The van der Waals surface area contributed by atoms with Crippen molar-refractivity contribution < 1.29 is 4.74 Å². The fraction of sp³-hybridized carbons (Fsp3) is 0.684. The Balaban J connectivity index is 1.76. The Labute approximate surface area is 126 Å². The minimum atomic E-state index is 0.328. The quantitative estimate of drug-likeness (QED) is 0.789. The van der Waals surface area contributed by atoms with Crippen molar-refractivity contribution in [2.75, 3.05) is 6.54 Å². The zero-order valence-electron chi connectivity index (χ0n) is 12.7. The Bertz CT molecular complexity index is 645. The van der Waals surface area contributed by atoms with Crippen LogP contribution in [0.1, 0.15) is 43.7 Å². The average molecular weight is 281 g/mol. The van der Waals surface area contributed by atoms with Gasteiger partial charge in [-0.3, -0.25) is 0 Å². The number of hydrogen-bond donors (Lipinski definition) is 1. The number of nitrogens with one attached hydrogen (secondary N) is 1. The molecule has 2 aliphatic heterocycles. The molecular formula is C19H23NO. The number of ether oxygens (including phenoxy) is 1. The van der Waals surface area contributed by atoms with Gasteiger partial charge in [-0.05, 0) is 67.5 Å². The molecule has 2 heterocycles. The normalized spacial score (nSPS) is 51.5. The highest BCUT2D eigenvalue weighted by atomic mass is 16.5. The highest BCUT2D eigenvalue weighted by Gasteiger charge is 2.75. The molecule has 21 heavy (non-hydrogen) atoms. The maximum atomic E-state index is 6.65. The van der Waals surface area contributed by atoms with Gasteiger partial charge >= 0.3 is 0 Å². The Hall–Kier alpha value is -1.02. The van der Waals surface area contributed by atoms with Gasteiger partial charge in [0, 0.05) is 17.0 Å². The van der Waals surface area contributed by atoms with Gasteiger partial charge in [0.1, 0.15) is 11.9 Å². The molecule has 2 spiro atoms. The summed E-state index contributed by atoms with van der Waals surface area (Å²) in [6, 6.07) is 7.51. The maximum absolute atomic E-state index is 6.65. The van der Waals surface area contributed by atoms with E-state index in [1.807, 2.05) is 0 Å². The van der Waals surface area contributed by atoms with Crippen LogP contribution in [0.2, 0.25) is 0 Å². The third kappa shape index (κ3) is 0.973. The van der Waals surface area contributed by atoms with Crippen molar-refractivity contribution in [2.45, 2.75) is 56.6 Å². The van der Waals surface area contributed by atoms with Crippen LogP contribution in [0, 0.1) is 17.3 Å². The average Bonchev–Trinajstić information content (AvgIpc) is 2.89. The summed E-state index contributed by atoms with van der Waals surface area (Å²) >= 11 is 0. The van der Waals surface area contributed by atoms with E-state index in [0.717, 1.165) is 5.92 Å². The Morgan fingerprint density at radius 2 is 2.10 bits per heavy atom. The minimum Gasteiger partial charge on any atom is -0.489 e. The van der Waals surface area contributed by atoms with E-state index in [9.17, 15) is 0 Å². The number of rotatable bonds is 0. The van der Waals surface area contributed by atoms with Gasteiger partial charge < -0.3 is 10.1 Å². The predicted molar refractivity (Wildman–Crippen MR) is 81.6 cm³/mol. The molecule has 4 aliphatic carbocycles. The number of hydrogen-bond acceptors (Lipinski definition) is 2. The van der Waals surface area contributed by atoms with E-state index in [0.29, 0.717) is 28.9 Å². The zero-order chi connectivity index (χ0) is 13.8. The van der Waals surface area contributed by atoms with Crippen LogP contribution in [0.3, 0.4) is 0 Å². The summed E-state index contributed by atoms with van der Waals surface area (Å²) in [6.07, 6.45) is 7.32. The SMILES string of the molecule is CC1CNC2Cc3cccc4c3C13C(O4)C1CCC23CC1. The molecule has 2 heteroatoms. The van der Waals surface area contributed by atoms with E-state index >= 15 is 0 Å². The maximum Gasteiger partial charge on any atom is 0.123 e. The fourth-order valence-corrected chi connectivity index (χ4v) is 7.38. The summed E-state index contributed by atoms with van der Waals surface area (Å²) in [5, 5.41) is 3.94. The third-order valence-corrected chi connectivity index (χ3v) is 7.94. The first-order valence-electron chi connectivity index (χ1n) is 8.80. The van der Waals surface area contributed by atoms with Crippen molar-refractivity contribution in [3.63, 3.8) is 0 Å². The van der Waals surface area contributed by atoms with Crippen LogP contribution in [0.25, 0.3) is 0 Å². The molecule has 1 aromatic rings. The van der Waals surface area contributed by atoms with Crippen molar-refractivity contribution in [2.24, 2.45) is 17.3 Å². The lowest BCUT2D eigenvalue weighted by Gasteiger charge is -2.70. The molecule has 6 aliphatic rings. The van der Waals surface area contributed by atoms with Crippen molar-refractivity contribution >= 4 is 0 Å². The van der Waals surface area contributed by atoms with Crippen LogP contribution in [0.4, 0.5) is 0 Å². The van der Waals surface area contributed by atoms with Crippen molar-refractivity contribution in [3.05, 3.63) is 29.3 Å². The lowest BCUT2D eigenvalue weighted by Crippen LogP contribution is -2.76. The lowest BCUT2D eigenvalue weighted by atomic mass is 9.36. The van der Waals surface area contributed by atoms with Crippen LogP contribution < -0.4 is 10.1 Å². The summed E-state index contributed by atoms with van der Waals surface area (Å²) in [4.78, 5) is 0. The standard InChI is InChI=1S/C19H23NO/c1-11-10-20-15-9-13-3-2-4-14-16(13)19(11)17(21-14)12-5-7-18(15,19)8-6-12/h2-4,11-12,15,17,20H,5-10H2,1H3. The van der Waals surface area contributed by atoms with E-state index in [4.69, 9.17) is 4.74 Å². The largest absolute Gasteiger partial charge is 0.489 e. The molecule has 1 N–H and O–H groups in total. The molecule has 4 atom stereocenters. The topological polar surface area (TPSA) is 21.3 Å². The Morgan fingerprint density at radius 3 is 2.95 bits per heavy atom. The molecule has 4 fully saturated rings. The molecule has 0 radical (unpaired) electrons. The number of benzene rings is 1. The Morgan fingerprint density at radius 1 is 1.24 bits per heavy atom. The van der Waals surface area contributed by atoms with Gasteiger partial charge in [0.15, 0.2) is 0 Å². The van der Waals surface area contributed by atoms with Crippen molar-refractivity contribution in [3.8, 4) is 5.75 Å². The van der Waals surface area contributed by atoms with Crippen LogP contribution in [-0.2, 0) is 11.8 Å². The van der Waals surface area contributed by atoms with Gasteiger partial charge in [0.05, 0.1) is 0 Å². The second kappa shape index (κ2) is 3.32. The molecule has 0 amide bonds. The molecular weight excluding hydrogens is 258 g/mol. The van der Waals surface area contributed by atoms with Crippen LogP contribution in [-0.4, -0.2) is 18.7 Å². The van der Waals surface area contributed by atoms with E-state index in [2.05, 4.69) is 30.4 Å². The number of piperidine rings is 1. The van der Waals surface area contributed by atoms with E-state index in [1.165, 1.54) is 44.4 Å². The summed E-state index contributed by atoms with van der Waals surface area (Å²) in [7, 11) is 0. The molecule has 7 rings (SSSR count). The first-order chi connectivity index (χ1) is 10.3. The smallest absolute Gasteiger partial charge is 0.123 e. The van der Waals surface area contributed by atoms with Gasteiger partial charge in [-0.25, -0.2) is 0 Å². The summed E-state index contributed by atoms with van der Waals surface area (Å²) in [5.41, 5.74) is 4.03. The molecule has 2 nitrogen and oxygen atoms in total. The Kier molecular flexibility index (Phi) is 1.82. The number of fused-ring (bicyclic) bond motifs is 2. The summed E-state index contributed by atoms with van der Waals surface area (Å²) < 4.78 is 6.65. The molecule has 4 unspecified atom stereocenters. The second-order valence-electron chi connectivity index (χ2n) is 8.26. The van der Waals surface area contributed by atoms with Crippen LogP contribution in [0.5, 0.6) is 5.75 Å². The van der Waals surface area contributed by atoms with Gasteiger partial charge in [-0.1, -0.05) is 19.1 Å². The second-order valence-corrected chi connectivity index (χ2v) is 8.26. The monoisotopic (exact) mass is 281 g/mol. The van der Waals surface area contributed by atoms with E-state index < -0.39 is 0 Å². The highest BCUT2D eigenvalue weighted by Crippen LogP contribution is 2.73. The van der Waals surface area contributed by atoms with Crippen molar-refractivity contribution in [1.82, 2.24) is 5.32 Å². The summed E-state index contributed by atoms with van der Waals surface area (Å²) in [5.74, 6) is 2.74. The zero-order valence-corrected chi connectivity index (χ0v) is 12.7. The summed E-state index contributed by atoms with van der Waals surface area (Å²) in [6.45, 7) is 3.66. The van der Waals surface area contributed by atoms with E-state index in [1.54, 1.807) is 11.1 Å². The molecule has 110 valence electrons. The third-order valence-electron chi connectivity index (χ3n) is 7.94. The van der Waals surface area contributed by atoms with Crippen LogP contribution >= 0.6 is 0 Å². The molecule has 1 saturated heterocycles. The van der Waals surface area contributed by atoms with Gasteiger partial charge in [-0.2, -0.15) is 0 Å². The molecule has 4 bridgehead atoms. The van der Waals surface area contributed by atoms with E-state index in [-0.39, 0.29) is 0 Å². The first-order valence-corrected chi connectivity index (χ1v) is 8.80. The lowest BCUT2D eigenvalue weighted by molar-refractivity contribution is -0.167. The van der Waals surface area contributed by atoms with Crippen LogP contribution in [0.15, 0.2) is 18.2 Å². The predicted octanol–water partition coefficient (Wildman–Crippen LogP) is 3.04. The van der Waals surface area contributed by atoms with Gasteiger partial charge in [0.25, 0.3) is 0 Å². The molecule has 0 aromatic heterocycles. The van der Waals surface area contributed by atoms with Crippen molar-refractivity contribution in [1.29, 1.82) is 0 Å². The molecule has 1 aromatic carbocycles.